The van der Waals surface area contributed by atoms with Crippen LogP contribution in [-0.2, 0) is 4.74 Å². The van der Waals surface area contributed by atoms with Crippen molar-refractivity contribution in [2.24, 2.45) is 5.73 Å². The topological polar surface area (TPSA) is 76.4 Å². The van der Waals surface area contributed by atoms with Gasteiger partial charge >= 0.3 is 6.09 Å². The quantitative estimate of drug-likeness (QED) is 0.663. The molecule has 1 amide bonds. The lowest BCUT2D eigenvalue weighted by atomic mass is 10.2. The Balaban J connectivity index is 2.53. The Morgan fingerprint density at radius 2 is 2.19 bits per heavy atom. The third-order valence-corrected chi connectivity index (χ3v) is 2.00. The van der Waals surface area contributed by atoms with Gasteiger partial charge in [0.15, 0.2) is 0 Å². The monoisotopic (exact) mass is 223 g/mol. The van der Waals surface area contributed by atoms with Crippen LogP contribution < -0.4 is 16.4 Å². The predicted molar refractivity (Wildman–Crippen MR) is 64.6 cm³/mol. The molecule has 1 aromatic carbocycles. The number of carbonyl (C=O) groups is 1. The number of anilines is 2. The van der Waals surface area contributed by atoms with Gasteiger partial charge in [-0.25, -0.2) is 4.79 Å². The maximum Gasteiger partial charge on any atom is 0.411 e. The number of amides is 1. The van der Waals surface area contributed by atoms with Gasteiger partial charge in [0, 0.05) is 17.9 Å². The van der Waals surface area contributed by atoms with Gasteiger partial charge in [0.2, 0.25) is 0 Å². The summed E-state index contributed by atoms with van der Waals surface area (Å²) in [6.45, 7) is 1.48. The lowest BCUT2D eigenvalue weighted by Crippen LogP contribution is -2.11. The van der Waals surface area contributed by atoms with Crippen LogP contribution in [0.4, 0.5) is 16.2 Å². The second-order valence-corrected chi connectivity index (χ2v) is 3.27. The summed E-state index contributed by atoms with van der Waals surface area (Å²) in [6, 6.07) is 7.42. The minimum atomic E-state index is -0.473. The smallest absolute Gasteiger partial charge is 0.411 e. The van der Waals surface area contributed by atoms with Gasteiger partial charge in [-0.1, -0.05) is 6.07 Å². The third kappa shape index (κ3) is 4.18. The molecule has 1 rings (SSSR count). The van der Waals surface area contributed by atoms with Crippen molar-refractivity contribution in [3.8, 4) is 0 Å². The van der Waals surface area contributed by atoms with E-state index in [2.05, 4.69) is 15.4 Å². The normalized spacial score (nSPS) is 9.62. The van der Waals surface area contributed by atoms with Gasteiger partial charge in [-0.2, -0.15) is 0 Å². The molecule has 0 aromatic heterocycles. The molecule has 88 valence electrons. The number of rotatable bonds is 5. The first-order valence-electron chi connectivity index (χ1n) is 5.15. The molecule has 5 nitrogen and oxygen atoms in total. The fourth-order valence-corrected chi connectivity index (χ4v) is 1.21. The molecule has 0 spiro atoms. The van der Waals surface area contributed by atoms with E-state index < -0.39 is 6.09 Å². The Labute approximate surface area is 95.0 Å². The number of benzene rings is 1. The van der Waals surface area contributed by atoms with Gasteiger partial charge in [0.1, 0.15) is 0 Å². The lowest BCUT2D eigenvalue weighted by molar-refractivity contribution is 0.187. The molecule has 0 fully saturated rings. The molecule has 0 heterocycles. The molecule has 0 bridgehead atoms. The van der Waals surface area contributed by atoms with E-state index in [0.717, 1.165) is 18.7 Å². The molecule has 0 atom stereocenters. The van der Waals surface area contributed by atoms with E-state index in [4.69, 9.17) is 5.73 Å². The number of carbonyl (C=O) groups excluding carboxylic acids is 1. The first-order valence-corrected chi connectivity index (χ1v) is 5.15. The average molecular weight is 223 g/mol. The minimum absolute atomic E-state index is 0.473. The maximum atomic E-state index is 11.0. The van der Waals surface area contributed by atoms with E-state index in [1.807, 2.05) is 18.2 Å². The van der Waals surface area contributed by atoms with Crippen molar-refractivity contribution in [3.05, 3.63) is 24.3 Å². The Kier molecular flexibility index (Phi) is 5.15. The third-order valence-electron chi connectivity index (χ3n) is 2.00. The highest BCUT2D eigenvalue weighted by molar-refractivity contribution is 5.85. The molecule has 16 heavy (non-hydrogen) atoms. The molecule has 0 radical (unpaired) electrons. The Morgan fingerprint density at radius 3 is 2.88 bits per heavy atom. The maximum absolute atomic E-state index is 11.0. The Morgan fingerprint density at radius 1 is 1.44 bits per heavy atom. The van der Waals surface area contributed by atoms with Crippen molar-refractivity contribution in [1.29, 1.82) is 0 Å². The van der Waals surface area contributed by atoms with Crippen molar-refractivity contribution in [2.45, 2.75) is 6.42 Å². The zero-order chi connectivity index (χ0) is 11.8. The van der Waals surface area contributed by atoms with Gasteiger partial charge in [-0.3, -0.25) is 5.32 Å². The van der Waals surface area contributed by atoms with E-state index in [-0.39, 0.29) is 0 Å². The number of ether oxygens (including phenoxy) is 1. The lowest BCUT2D eigenvalue weighted by Gasteiger charge is -2.08. The van der Waals surface area contributed by atoms with Crippen LogP contribution in [0.25, 0.3) is 0 Å². The summed E-state index contributed by atoms with van der Waals surface area (Å²) in [5.41, 5.74) is 7.04. The second-order valence-electron chi connectivity index (χ2n) is 3.27. The number of hydrogen-bond donors (Lipinski definition) is 3. The molecule has 0 saturated carbocycles. The molecule has 4 N–H and O–H groups in total. The molecular weight excluding hydrogens is 206 g/mol. The molecular formula is C11H17N3O2. The summed E-state index contributed by atoms with van der Waals surface area (Å²) >= 11 is 0. The highest BCUT2D eigenvalue weighted by atomic mass is 16.5. The number of nitrogens with one attached hydrogen (secondary N) is 2. The zero-order valence-electron chi connectivity index (χ0n) is 9.32. The highest BCUT2D eigenvalue weighted by Crippen LogP contribution is 2.14. The average Bonchev–Trinajstić information content (AvgIpc) is 2.30. The first kappa shape index (κ1) is 12.3. The minimum Gasteiger partial charge on any atom is -0.453 e. The summed E-state index contributed by atoms with van der Waals surface area (Å²) in [5.74, 6) is 0. The molecule has 0 aliphatic heterocycles. The molecule has 0 aliphatic rings. The second kappa shape index (κ2) is 6.68. The Bertz CT molecular complexity index is 342. The largest absolute Gasteiger partial charge is 0.453 e. The van der Waals surface area contributed by atoms with E-state index >= 15 is 0 Å². The summed E-state index contributed by atoms with van der Waals surface area (Å²) in [6.07, 6.45) is 0.438. The summed E-state index contributed by atoms with van der Waals surface area (Å²) in [7, 11) is 1.33. The van der Waals surface area contributed by atoms with Crippen LogP contribution in [0.15, 0.2) is 24.3 Å². The number of hydrogen-bond acceptors (Lipinski definition) is 4. The van der Waals surface area contributed by atoms with Crippen LogP contribution >= 0.6 is 0 Å². The molecule has 1 aromatic rings. The molecule has 5 heteroatoms. The van der Waals surface area contributed by atoms with Crippen LogP contribution in [0, 0.1) is 0 Å². The van der Waals surface area contributed by atoms with Crippen LogP contribution in [0.5, 0.6) is 0 Å². The fourth-order valence-electron chi connectivity index (χ4n) is 1.21. The van der Waals surface area contributed by atoms with Gasteiger partial charge in [-0.15, -0.1) is 0 Å². The predicted octanol–water partition coefficient (Wildman–Crippen LogP) is 1.63. The standard InChI is InChI=1S/C11H17N3O2/c1-16-11(15)14-10-5-2-4-9(8-10)13-7-3-6-12/h2,4-5,8,13H,3,6-7,12H2,1H3,(H,14,15). The van der Waals surface area contributed by atoms with Crippen molar-refractivity contribution in [2.75, 3.05) is 30.8 Å². The molecule has 0 saturated heterocycles. The summed E-state index contributed by atoms with van der Waals surface area (Å²) in [4.78, 5) is 11.0. The zero-order valence-corrected chi connectivity index (χ0v) is 9.32. The van der Waals surface area contributed by atoms with Crippen molar-refractivity contribution < 1.29 is 9.53 Å². The van der Waals surface area contributed by atoms with Crippen molar-refractivity contribution >= 4 is 17.5 Å². The summed E-state index contributed by atoms with van der Waals surface area (Å²) < 4.78 is 4.51. The molecule has 0 aliphatic carbocycles. The van der Waals surface area contributed by atoms with Gasteiger partial charge in [0.05, 0.1) is 7.11 Å². The van der Waals surface area contributed by atoms with Crippen LogP contribution in [0.2, 0.25) is 0 Å². The van der Waals surface area contributed by atoms with E-state index in [1.165, 1.54) is 7.11 Å². The van der Waals surface area contributed by atoms with Crippen LogP contribution in [0.1, 0.15) is 6.42 Å². The fraction of sp³-hybridized carbons (Fsp3) is 0.364. The molecule has 0 unspecified atom stereocenters. The van der Waals surface area contributed by atoms with Gasteiger partial charge < -0.3 is 15.8 Å². The first-order chi connectivity index (χ1) is 7.76. The van der Waals surface area contributed by atoms with E-state index in [1.54, 1.807) is 6.07 Å². The van der Waals surface area contributed by atoms with E-state index in [9.17, 15) is 4.79 Å². The van der Waals surface area contributed by atoms with Gasteiger partial charge in [0.25, 0.3) is 0 Å². The van der Waals surface area contributed by atoms with Crippen molar-refractivity contribution in [1.82, 2.24) is 0 Å². The number of methoxy groups -OCH3 is 1. The van der Waals surface area contributed by atoms with Gasteiger partial charge in [-0.05, 0) is 31.2 Å². The van der Waals surface area contributed by atoms with Crippen LogP contribution in [0.3, 0.4) is 0 Å². The summed E-state index contributed by atoms with van der Waals surface area (Å²) in [5, 5.41) is 5.80. The Hall–Kier alpha value is -1.75. The van der Waals surface area contributed by atoms with Crippen LogP contribution in [-0.4, -0.2) is 26.3 Å². The van der Waals surface area contributed by atoms with E-state index in [0.29, 0.717) is 12.2 Å². The SMILES string of the molecule is COC(=O)Nc1cccc(NCCCN)c1. The highest BCUT2D eigenvalue weighted by Gasteiger charge is 2.00. The van der Waals surface area contributed by atoms with Crippen molar-refractivity contribution in [3.63, 3.8) is 0 Å². The number of nitrogens with two attached hydrogens (primary N) is 1.